The van der Waals surface area contributed by atoms with Gasteiger partial charge in [0.2, 0.25) is 0 Å². The Balaban J connectivity index is -0.000000120. The Bertz CT molecular complexity index is 909. The summed E-state index contributed by atoms with van der Waals surface area (Å²) in [6.07, 6.45) is 0. The van der Waals surface area contributed by atoms with Crippen LogP contribution in [0.4, 0.5) is 0 Å². The molecule has 0 heterocycles. The average Bonchev–Trinajstić information content (AvgIpc) is 2.69. The van der Waals surface area contributed by atoms with Crippen molar-refractivity contribution in [1.29, 1.82) is 0 Å². The van der Waals surface area contributed by atoms with Crippen LogP contribution in [0.25, 0.3) is 0 Å². The van der Waals surface area contributed by atoms with E-state index in [2.05, 4.69) is 0 Å². The van der Waals surface area contributed by atoms with Crippen LogP contribution in [0.3, 0.4) is 0 Å². The fraction of sp³-hybridized carbons (Fsp3) is 0. The summed E-state index contributed by atoms with van der Waals surface area (Å²) in [5.41, 5.74) is 0.292. The summed E-state index contributed by atoms with van der Waals surface area (Å²) in [5.74, 6) is -3.18. The Kier molecular flexibility index (Phi) is 24.0. The molecule has 3 aromatic carbocycles. The first-order valence-electron chi connectivity index (χ1n) is 8.17. The second kappa shape index (κ2) is 20.4. The van der Waals surface area contributed by atoms with Crippen LogP contribution < -0.4 is 0 Å². The van der Waals surface area contributed by atoms with E-state index in [1.165, 1.54) is 72.8 Å². The molecule has 13 nitrogen and oxygen atoms in total. The molecule has 0 saturated heterocycles. The first kappa shape index (κ1) is 41.1. The van der Waals surface area contributed by atoms with Crippen molar-refractivity contribution in [3.05, 3.63) is 89.5 Å². The molecule has 3 aromatic rings. The van der Waals surface area contributed by atoms with Crippen LogP contribution in [-0.2, 0) is 17.1 Å². The van der Waals surface area contributed by atoms with Crippen molar-refractivity contribution in [3.8, 4) is 17.2 Å². The number of phenols is 3. The van der Waals surface area contributed by atoms with Gasteiger partial charge in [-0.1, -0.05) is 18.2 Å². The molecule has 0 aliphatic rings. The Morgan fingerprint density at radius 3 is 0.771 bits per heavy atom. The van der Waals surface area contributed by atoms with Crippen molar-refractivity contribution >= 4 is 17.9 Å². The molecular formula is C21H26FeO13. The number of aromatic carboxylic acids is 3. The van der Waals surface area contributed by atoms with Crippen molar-refractivity contribution in [2.24, 2.45) is 0 Å². The molecule has 0 fully saturated rings. The Morgan fingerprint density at radius 1 is 0.457 bits per heavy atom. The third-order valence-electron chi connectivity index (χ3n) is 3.28. The molecule has 14 heteroatoms. The molecular weight excluding hydrogens is 516 g/mol. The molecule has 0 amide bonds. The van der Waals surface area contributed by atoms with Gasteiger partial charge in [0.15, 0.2) is 0 Å². The summed E-state index contributed by atoms with van der Waals surface area (Å²) in [4.78, 5) is 30.7. The normalized spacial score (nSPS) is 7.89. The van der Waals surface area contributed by atoms with Crippen molar-refractivity contribution in [2.75, 3.05) is 0 Å². The van der Waals surface area contributed by atoms with Crippen LogP contribution in [0.5, 0.6) is 17.2 Å². The van der Waals surface area contributed by atoms with E-state index in [1.54, 1.807) is 0 Å². The number of carbonyl (C=O) groups is 3. The molecule has 14 N–H and O–H groups in total. The maximum absolute atomic E-state index is 10.2. The number of hydrogen-bond donors (Lipinski definition) is 6. The van der Waals surface area contributed by atoms with Crippen LogP contribution in [0.2, 0.25) is 0 Å². The maximum Gasteiger partial charge on any atom is 0.335 e. The van der Waals surface area contributed by atoms with Crippen LogP contribution in [0, 0.1) is 0 Å². The van der Waals surface area contributed by atoms with Gasteiger partial charge in [-0.3, -0.25) is 0 Å². The molecule has 0 spiro atoms. The summed E-state index contributed by atoms with van der Waals surface area (Å²) in [5, 5.41) is 51.6. The zero-order valence-electron chi connectivity index (χ0n) is 17.7. The van der Waals surface area contributed by atoms with Crippen molar-refractivity contribution in [3.63, 3.8) is 0 Å². The quantitative estimate of drug-likeness (QED) is 0.242. The minimum absolute atomic E-state index is 0. The molecule has 0 atom stereocenters. The minimum atomic E-state index is -1.03. The molecule has 0 aliphatic heterocycles. The van der Waals surface area contributed by atoms with Crippen LogP contribution in [-0.4, -0.2) is 70.5 Å². The van der Waals surface area contributed by atoms with Gasteiger partial charge in [-0.05, 0) is 54.6 Å². The Morgan fingerprint density at radius 2 is 0.657 bits per heavy atom. The summed E-state index contributed by atoms with van der Waals surface area (Å²) in [6, 6.07) is 16.6. The minimum Gasteiger partial charge on any atom is -0.508 e. The topological polar surface area (TPSA) is 299 Å². The van der Waals surface area contributed by atoms with Gasteiger partial charge >= 0.3 is 17.9 Å². The smallest absolute Gasteiger partial charge is 0.335 e. The molecule has 3 rings (SSSR count). The molecule has 35 heavy (non-hydrogen) atoms. The number of aromatic hydroxyl groups is 3. The predicted molar refractivity (Wildman–Crippen MR) is 120 cm³/mol. The third kappa shape index (κ3) is 16.1. The first-order valence-corrected chi connectivity index (χ1v) is 8.17. The summed E-state index contributed by atoms with van der Waals surface area (Å²) in [6.45, 7) is 0. The van der Waals surface area contributed by atoms with Crippen LogP contribution in [0.1, 0.15) is 31.1 Å². The Labute approximate surface area is 208 Å². The van der Waals surface area contributed by atoms with Gasteiger partial charge in [-0.15, -0.1) is 0 Å². The van der Waals surface area contributed by atoms with Crippen molar-refractivity contribution in [1.82, 2.24) is 0 Å². The van der Waals surface area contributed by atoms with E-state index in [0.717, 1.165) is 0 Å². The van der Waals surface area contributed by atoms with Gasteiger partial charge in [0.1, 0.15) is 17.2 Å². The number of rotatable bonds is 3. The van der Waals surface area contributed by atoms with E-state index in [1.807, 2.05) is 0 Å². The predicted octanol–water partition coefficient (Wildman–Crippen LogP) is -0.0301. The van der Waals surface area contributed by atoms with Crippen LogP contribution in [0.15, 0.2) is 72.8 Å². The van der Waals surface area contributed by atoms with E-state index in [0.29, 0.717) is 0 Å². The van der Waals surface area contributed by atoms with E-state index in [9.17, 15) is 14.4 Å². The number of carboxylic acid groups (broad SMARTS) is 3. The molecule has 0 radical (unpaired) electrons. The fourth-order valence-electron chi connectivity index (χ4n) is 1.92. The number of benzene rings is 3. The van der Waals surface area contributed by atoms with E-state index in [-0.39, 0.29) is 72.9 Å². The fourth-order valence-corrected chi connectivity index (χ4v) is 1.92. The number of phenolic OH excluding ortho intramolecular Hbond substituents is 3. The van der Waals surface area contributed by atoms with Gasteiger partial charge < -0.3 is 52.5 Å². The maximum atomic E-state index is 10.2. The van der Waals surface area contributed by atoms with Gasteiger partial charge in [-0.25, -0.2) is 14.4 Å². The molecule has 196 valence electrons. The van der Waals surface area contributed by atoms with Gasteiger partial charge in [0.25, 0.3) is 0 Å². The zero-order valence-corrected chi connectivity index (χ0v) is 18.8. The summed E-state index contributed by atoms with van der Waals surface area (Å²) in [7, 11) is 0. The molecule has 0 aromatic heterocycles. The van der Waals surface area contributed by atoms with Crippen molar-refractivity contribution in [2.45, 2.75) is 0 Å². The number of carboxylic acids is 3. The molecule has 0 saturated carbocycles. The van der Waals surface area contributed by atoms with Crippen LogP contribution >= 0.6 is 0 Å². The van der Waals surface area contributed by atoms with E-state index < -0.39 is 17.9 Å². The first-order chi connectivity index (χ1) is 14.1. The van der Waals surface area contributed by atoms with Crippen molar-refractivity contribution < 1.29 is 84.0 Å². The second-order valence-electron chi connectivity index (χ2n) is 5.57. The molecule has 0 unspecified atom stereocenters. The standard InChI is InChI=1S/3C7H6O3.Fe.4H2O/c3*8-6-3-1-2-5(4-6)7(9)10;;;;;/h3*1-4,8H,(H,9,10);;4*1H2. The summed E-state index contributed by atoms with van der Waals surface area (Å²) < 4.78 is 0. The van der Waals surface area contributed by atoms with E-state index in [4.69, 9.17) is 30.6 Å². The molecule has 0 bridgehead atoms. The average molecular weight is 542 g/mol. The monoisotopic (exact) mass is 542 g/mol. The molecule has 0 aliphatic carbocycles. The van der Waals surface area contributed by atoms with Gasteiger partial charge in [0, 0.05) is 17.1 Å². The van der Waals surface area contributed by atoms with Gasteiger partial charge in [-0.2, -0.15) is 0 Å². The largest absolute Gasteiger partial charge is 0.508 e. The SMILES string of the molecule is O.O.O.O.O=C(O)c1cccc(O)c1.O=C(O)c1cccc(O)c1.O=C(O)c1cccc(O)c1.[Fe]. The second-order valence-corrected chi connectivity index (χ2v) is 5.57. The summed E-state index contributed by atoms with van der Waals surface area (Å²) >= 11 is 0. The van der Waals surface area contributed by atoms with E-state index >= 15 is 0 Å². The number of hydrogen-bond acceptors (Lipinski definition) is 6. The Hall–Kier alpha value is -4.17. The zero-order chi connectivity index (χ0) is 22.7. The third-order valence-corrected chi connectivity index (χ3v) is 3.28. The van der Waals surface area contributed by atoms with Gasteiger partial charge in [0.05, 0.1) is 16.7 Å².